The standard InChI is InChI=1S/C19H27N5O2S/c1-20-18(25)13-27-19-23-22-17(24(19)15-8-4-3-5-9-15)12-21-14-7-6-10-16(11-14)26-2/h6-7,10-11,15,21H,3-5,8-9,12-13H2,1-2H3,(H,20,25). The second kappa shape index (κ2) is 9.64. The molecule has 3 rings (SSSR count). The van der Waals surface area contributed by atoms with Crippen molar-refractivity contribution in [3.05, 3.63) is 30.1 Å². The van der Waals surface area contributed by atoms with E-state index >= 15 is 0 Å². The first-order valence-electron chi connectivity index (χ1n) is 9.36. The van der Waals surface area contributed by atoms with E-state index in [1.807, 2.05) is 24.3 Å². The largest absolute Gasteiger partial charge is 0.497 e. The van der Waals surface area contributed by atoms with Crippen molar-refractivity contribution in [2.45, 2.75) is 49.8 Å². The number of benzene rings is 1. The summed E-state index contributed by atoms with van der Waals surface area (Å²) in [7, 11) is 3.31. The molecule has 7 nitrogen and oxygen atoms in total. The van der Waals surface area contributed by atoms with Crippen molar-refractivity contribution < 1.29 is 9.53 Å². The van der Waals surface area contributed by atoms with Crippen molar-refractivity contribution in [1.29, 1.82) is 0 Å². The topological polar surface area (TPSA) is 81.1 Å². The minimum Gasteiger partial charge on any atom is -0.497 e. The number of hydrogen-bond donors (Lipinski definition) is 2. The van der Waals surface area contributed by atoms with E-state index in [2.05, 4.69) is 25.4 Å². The van der Waals surface area contributed by atoms with Crippen LogP contribution in [0.4, 0.5) is 5.69 Å². The third-order valence-electron chi connectivity index (χ3n) is 4.81. The summed E-state index contributed by atoms with van der Waals surface area (Å²) in [5.41, 5.74) is 0.979. The van der Waals surface area contributed by atoms with Gasteiger partial charge in [0, 0.05) is 24.8 Å². The number of aromatic nitrogens is 3. The first-order valence-corrected chi connectivity index (χ1v) is 10.3. The molecule has 0 radical (unpaired) electrons. The summed E-state index contributed by atoms with van der Waals surface area (Å²) < 4.78 is 7.52. The van der Waals surface area contributed by atoms with Crippen molar-refractivity contribution in [2.75, 3.05) is 25.2 Å². The lowest BCUT2D eigenvalue weighted by atomic mass is 9.95. The number of nitrogens with one attached hydrogen (secondary N) is 2. The van der Waals surface area contributed by atoms with Crippen LogP contribution in [-0.2, 0) is 11.3 Å². The summed E-state index contributed by atoms with van der Waals surface area (Å²) in [4.78, 5) is 11.6. The molecule has 1 saturated carbocycles. The SMILES string of the molecule is CNC(=O)CSc1nnc(CNc2cccc(OC)c2)n1C1CCCCC1. The van der Waals surface area contributed by atoms with E-state index in [1.54, 1.807) is 14.2 Å². The molecule has 1 fully saturated rings. The van der Waals surface area contributed by atoms with Crippen LogP contribution in [0.5, 0.6) is 5.75 Å². The molecule has 1 amide bonds. The molecule has 0 bridgehead atoms. The van der Waals surface area contributed by atoms with E-state index < -0.39 is 0 Å². The third-order valence-corrected chi connectivity index (χ3v) is 5.75. The number of anilines is 1. The lowest BCUT2D eigenvalue weighted by Crippen LogP contribution is -2.21. The normalized spacial score (nSPS) is 14.7. The average Bonchev–Trinajstić information content (AvgIpc) is 3.14. The lowest BCUT2D eigenvalue weighted by molar-refractivity contribution is -0.118. The summed E-state index contributed by atoms with van der Waals surface area (Å²) in [6, 6.07) is 8.25. The van der Waals surface area contributed by atoms with Crippen LogP contribution < -0.4 is 15.4 Å². The van der Waals surface area contributed by atoms with Gasteiger partial charge in [0.05, 0.1) is 19.4 Å². The highest BCUT2D eigenvalue weighted by Gasteiger charge is 2.23. The molecule has 2 aromatic rings. The molecule has 1 heterocycles. The van der Waals surface area contributed by atoms with Gasteiger partial charge in [-0.25, -0.2) is 0 Å². The van der Waals surface area contributed by atoms with Gasteiger partial charge in [-0.3, -0.25) is 4.79 Å². The van der Waals surface area contributed by atoms with E-state index in [0.29, 0.717) is 18.3 Å². The van der Waals surface area contributed by atoms with Gasteiger partial charge in [-0.2, -0.15) is 0 Å². The van der Waals surface area contributed by atoms with Crippen LogP contribution in [-0.4, -0.2) is 40.6 Å². The molecule has 27 heavy (non-hydrogen) atoms. The Balaban J connectivity index is 1.76. The molecule has 0 unspecified atom stereocenters. The predicted octanol–water partition coefficient (Wildman–Crippen LogP) is 3.24. The Morgan fingerprint density at radius 2 is 2.11 bits per heavy atom. The van der Waals surface area contributed by atoms with Gasteiger partial charge in [0.2, 0.25) is 5.91 Å². The highest BCUT2D eigenvalue weighted by molar-refractivity contribution is 7.99. The van der Waals surface area contributed by atoms with Crippen LogP contribution in [0.2, 0.25) is 0 Å². The number of carbonyl (C=O) groups excluding carboxylic acids is 1. The van der Waals surface area contributed by atoms with Crippen LogP contribution >= 0.6 is 11.8 Å². The second-order valence-electron chi connectivity index (χ2n) is 6.61. The minimum atomic E-state index is -0.00532. The fraction of sp³-hybridized carbons (Fsp3) is 0.526. The maximum Gasteiger partial charge on any atom is 0.230 e. The number of thioether (sulfide) groups is 1. The van der Waals surface area contributed by atoms with E-state index in [0.717, 1.165) is 35.3 Å². The predicted molar refractivity (Wildman–Crippen MR) is 107 cm³/mol. The van der Waals surface area contributed by atoms with E-state index in [-0.39, 0.29) is 5.91 Å². The van der Waals surface area contributed by atoms with Crippen LogP contribution in [0.15, 0.2) is 29.4 Å². The van der Waals surface area contributed by atoms with E-state index in [1.165, 1.54) is 31.0 Å². The Hall–Kier alpha value is -2.22. The van der Waals surface area contributed by atoms with Gasteiger partial charge in [0.1, 0.15) is 5.75 Å². The van der Waals surface area contributed by atoms with Crippen LogP contribution in [0.25, 0.3) is 0 Å². The molecule has 1 aliphatic carbocycles. The first-order chi connectivity index (χ1) is 13.2. The molecule has 1 aromatic carbocycles. The summed E-state index contributed by atoms with van der Waals surface area (Å²) >= 11 is 1.45. The highest BCUT2D eigenvalue weighted by atomic mass is 32.2. The van der Waals surface area contributed by atoms with Gasteiger partial charge in [0.25, 0.3) is 0 Å². The number of carbonyl (C=O) groups is 1. The molecule has 0 atom stereocenters. The van der Waals surface area contributed by atoms with Gasteiger partial charge in [-0.15, -0.1) is 10.2 Å². The number of nitrogens with zero attached hydrogens (tertiary/aromatic N) is 3. The zero-order valence-corrected chi connectivity index (χ0v) is 16.7. The van der Waals surface area contributed by atoms with Gasteiger partial charge in [-0.1, -0.05) is 37.1 Å². The fourth-order valence-electron chi connectivity index (χ4n) is 3.35. The van der Waals surface area contributed by atoms with E-state index in [4.69, 9.17) is 4.74 Å². The first kappa shape index (κ1) is 19.5. The molecule has 0 aliphatic heterocycles. The summed E-state index contributed by atoms with van der Waals surface area (Å²) in [6.07, 6.45) is 6.02. The van der Waals surface area contributed by atoms with Crippen LogP contribution in [0.1, 0.15) is 44.0 Å². The minimum absolute atomic E-state index is 0.00532. The monoisotopic (exact) mass is 389 g/mol. The zero-order chi connectivity index (χ0) is 19.1. The Morgan fingerprint density at radius 1 is 1.30 bits per heavy atom. The molecule has 146 valence electrons. The Labute approximate surface area is 164 Å². The van der Waals surface area contributed by atoms with Crippen LogP contribution in [0, 0.1) is 0 Å². The number of ether oxygens (including phenoxy) is 1. The van der Waals surface area contributed by atoms with Crippen molar-refractivity contribution in [3.63, 3.8) is 0 Å². The zero-order valence-electron chi connectivity index (χ0n) is 15.9. The summed E-state index contributed by atoms with van der Waals surface area (Å²) in [6.45, 7) is 0.581. The smallest absolute Gasteiger partial charge is 0.230 e. The van der Waals surface area contributed by atoms with Gasteiger partial charge < -0.3 is 19.9 Å². The number of methoxy groups -OCH3 is 1. The average molecular weight is 390 g/mol. The number of rotatable bonds is 8. The molecule has 0 saturated heterocycles. The number of amides is 1. The molecule has 1 aromatic heterocycles. The molecule has 2 N–H and O–H groups in total. The van der Waals surface area contributed by atoms with Gasteiger partial charge in [-0.05, 0) is 25.0 Å². The molecule has 1 aliphatic rings. The van der Waals surface area contributed by atoms with Gasteiger partial charge >= 0.3 is 0 Å². The number of hydrogen-bond acceptors (Lipinski definition) is 6. The maximum atomic E-state index is 11.6. The van der Waals surface area contributed by atoms with Crippen molar-refractivity contribution >= 4 is 23.4 Å². The van der Waals surface area contributed by atoms with Crippen LogP contribution in [0.3, 0.4) is 0 Å². The molecule has 0 spiro atoms. The fourth-order valence-corrected chi connectivity index (χ4v) is 4.25. The third kappa shape index (κ3) is 5.15. The van der Waals surface area contributed by atoms with Crippen molar-refractivity contribution in [1.82, 2.24) is 20.1 Å². The highest BCUT2D eigenvalue weighted by Crippen LogP contribution is 2.33. The molecular weight excluding hydrogens is 362 g/mol. The van der Waals surface area contributed by atoms with Crippen molar-refractivity contribution in [3.8, 4) is 5.75 Å². The molecular formula is C19H27N5O2S. The van der Waals surface area contributed by atoms with E-state index in [9.17, 15) is 4.79 Å². The maximum absolute atomic E-state index is 11.6. The van der Waals surface area contributed by atoms with Crippen molar-refractivity contribution in [2.24, 2.45) is 0 Å². The Kier molecular flexibility index (Phi) is 6.98. The Bertz CT molecular complexity index is 758. The summed E-state index contributed by atoms with van der Waals surface area (Å²) in [5.74, 6) is 2.07. The second-order valence-corrected chi connectivity index (χ2v) is 7.55. The Morgan fingerprint density at radius 3 is 2.85 bits per heavy atom. The molecule has 8 heteroatoms. The lowest BCUT2D eigenvalue weighted by Gasteiger charge is -2.25. The van der Waals surface area contributed by atoms with Gasteiger partial charge in [0.15, 0.2) is 11.0 Å². The summed E-state index contributed by atoms with van der Waals surface area (Å²) in [5, 5.41) is 15.7. The quantitative estimate of drug-likeness (QED) is 0.675.